The van der Waals surface area contributed by atoms with Gasteiger partial charge < -0.3 is 4.90 Å². The van der Waals surface area contributed by atoms with Gasteiger partial charge in [0, 0.05) is 25.2 Å². The Labute approximate surface area is 123 Å². The quantitative estimate of drug-likeness (QED) is 0.569. The number of fused-ring (bicyclic) bond motifs is 2. The molecular weight excluding hydrogens is 337 g/mol. The minimum absolute atomic E-state index is 0.727. The molecule has 98 valence electrons. The zero-order valence-corrected chi connectivity index (χ0v) is 13.0. The van der Waals surface area contributed by atoms with Crippen molar-refractivity contribution >= 4 is 28.3 Å². The van der Waals surface area contributed by atoms with Gasteiger partial charge in [0.1, 0.15) is 3.70 Å². The van der Waals surface area contributed by atoms with Gasteiger partial charge in [0.25, 0.3) is 0 Å². The molecule has 1 aromatic rings. The summed E-state index contributed by atoms with van der Waals surface area (Å²) in [5.74, 6) is 0. The van der Waals surface area contributed by atoms with Crippen LogP contribution < -0.4 is 4.90 Å². The van der Waals surface area contributed by atoms with Crippen LogP contribution in [0.2, 0.25) is 0 Å². The summed E-state index contributed by atoms with van der Waals surface area (Å²) in [6, 6.07) is 5.84. The number of piperidine rings is 1. The maximum absolute atomic E-state index is 4.42. The van der Waals surface area contributed by atoms with Crippen molar-refractivity contribution in [3.8, 4) is 0 Å². The average molecular weight is 357 g/mol. The summed E-state index contributed by atoms with van der Waals surface area (Å²) < 4.78 is 1.07. The largest absolute Gasteiger partial charge is 0.369 e. The molecule has 2 saturated heterocycles. The van der Waals surface area contributed by atoms with Crippen LogP contribution in [0.4, 0.5) is 5.69 Å². The summed E-state index contributed by atoms with van der Waals surface area (Å²) in [6.07, 6.45) is 7.45. The molecule has 2 fully saturated rings. The second-order valence-corrected chi connectivity index (χ2v) is 6.58. The van der Waals surface area contributed by atoms with Crippen molar-refractivity contribution in [2.75, 3.05) is 25.0 Å². The van der Waals surface area contributed by atoms with E-state index in [0.29, 0.717) is 0 Å². The van der Waals surface area contributed by atoms with Gasteiger partial charge in [-0.05, 0) is 61.0 Å². The van der Waals surface area contributed by atoms with Gasteiger partial charge in [0.15, 0.2) is 0 Å². The van der Waals surface area contributed by atoms with Crippen LogP contribution in [0.25, 0.3) is 0 Å². The molecule has 3 rings (SSSR count). The van der Waals surface area contributed by atoms with Crippen molar-refractivity contribution in [3.05, 3.63) is 22.0 Å². The topological polar surface area (TPSA) is 19.4 Å². The highest BCUT2D eigenvalue weighted by atomic mass is 127. The second kappa shape index (κ2) is 5.33. The third kappa shape index (κ3) is 2.50. The Morgan fingerprint density at radius 3 is 2.83 bits per heavy atom. The first kappa shape index (κ1) is 12.7. The predicted octanol–water partition coefficient (Wildman–Crippen LogP) is 2.75. The van der Waals surface area contributed by atoms with Crippen LogP contribution in [0.5, 0.6) is 0 Å². The first-order valence-corrected chi connectivity index (χ1v) is 7.90. The van der Waals surface area contributed by atoms with E-state index in [4.69, 9.17) is 0 Å². The molecular formula is C14H20IN3. The number of pyridine rings is 1. The monoisotopic (exact) mass is 357 g/mol. The molecule has 0 N–H and O–H groups in total. The van der Waals surface area contributed by atoms with E-state index >= 15 is 0 Å². The fourth-order valence-corrected chi connectivity index (χ4v) is 3.62. The Kier molecular flexibility index (Phi) is 3.75. The molecule has 1 aromatic heterocycles. The average Bonchev–Trinajstić information content (AvgIpc) is 2.48. The zero-order chi connectivity index (χ0) is 12.5. The SMILES string of the molecule is CN1C2CCCC1CN(c1ccc(I)nc1)CC2. The van der Waals surface area contributed by atoms with E-state index in [1.54, 1.807) is 0 Å². The number of hydrogen-bond donors (Lipinski definition) is 0. The van der Waals surface area contributed by atoms with E-state index in [2.05, 4.69) is 56.6 Å². The Bertz CT molecular complexity index is 406. The highest BCUT2D eigenvalue weighted by molar-refractivity contribution is 14.1. The van der Waals surface area contributed by atoms with Gasteiger partial charge in [-0.2, -0.15) is 0 Å². The lowest BCUT2D eigenvalue weighted by Gasteiger charge is -2.37. The van der Waals surface area contributed by atoms with Crippen molar-refractivity contribution in [2.24, 2.45) is 0 Å². The number of rotatable bonds is 1. The van der Waals surface area contributed by atoms with Gasteiger partial charge in [0.2, 0.25) is 0 Å². The van der Waals surface area contributed by atoms with Crippen molar-refractivity contribution in [3.63, 3.8) is 0 Å². The molecule has 3 heterocycles. The number of hydrogen-bond acceptors (Lipinski definition) is 3. The fraction of sp³-hybridized carbons (Fsp3) is 0.643. The molecule has 0 radical (unpaired) electrons. The number of nitrogens with zero attached hydrogens (tertiary/aromatic N) is 3. The third-order valence-corrected chi connectivity index (χ3v) is 5.11. The normalized spacial score (nSPS) is 29.1. The number of anilines is 1. The maximum Gasteiger partial charge on any atom is 0.101 e. The minimum Gasteiger partial charge on any atom is -0.369 e. The Morgan fingerprint density at radius 2 is 2.06 bits per heavy atom. The van der Waals surface area contributed by atoms with Crippen LogP contribution in [-0.2, 0) is 0 Å². The fourth-order valence-electron chi connectivity index (χ4n) is 3.30. The van der Waals surface area contributed by atoms with Crippen molar-refractivity contribution < 1.29 is 0 Å². The van der Waals surface area contributed by atoms with Crippen molar-refractivity contribution in [1.82, 2.24) is 9.88 Å². The van der Waals surface area contributed by atoms with Crippen molar-refractivity contribution in [2.45, 2.75) is 37.8 Å². The van der Waals surface area contributed by atoms with Crippen LogP contribution in [0, 0.1) is 3.70 Å². The van der Waals surface area contributed by atoms with Crippen LogP contribution in [-0.4, -0.2) is 42.1 Å². The summed E-state index contributed by atoms with van der Waals surface area (Å²) >= 11 is 2.27. The molecule has 0 aromatic carbocycles. The first-order chi connectivity index (χ1) is 8.74. The molecule has 0 saturated carbocycles. The lowest BCUT2D eigenvalue weighted by molar-refractivity contribution is 0.127. The Hall–Kier alpha value is -0.360. The highest BCUT2D eigenvalue weighted by Crippen LogP contribution is 2.29. The molecule has 3 nitrogen and oxygen atoms in total. The van der Waals surface area contributed by atoms with Crippen LogP contribution >= 0.6 is 22.6 Å². The van der Waals surface area contributed by atoms with Gasteiger partial charge >= 0.3 is 0 Å². The predicted molar refractivity (Wildman–Crippen MR) is 83.0 cm³/mol. The zero-order valence-electron chi connectivity index (χ0n) is 10.8. The molecule has 2 unspecified atom stereocenters. The van der Waals surface area contributed by atoms with Crippen LogP contribution in [0.1, 0.15) is 25.7 Å². The van der Waals surface area contributed by atoms with Gasteiger partial charge in [-0.25, -0.2) is 4.98 Å². The summed E-state index contributed by atoms with van der Waals surface area (Å²) in [6.45, 7) is 2.34. The second-order valence-electron chi connectivity index (χ2n) is 5.48. The lowest BCUT2D eigenvalue weighted by atomic mass is 9.96. The molecule has 2 aliphatic heterocycles. The van der Waals surface area contributed by atoms with Crippen molar-refractivity contribution in [1.29, 1.82) is 0 Å². The third-order valence-electron chi connectivity index (χ3n) is 4.47. The van der Waals surface area contributed by atoms with Gasteiger partial charge in [-0.3, -0.25) is 4.90 Å². The summed E-state index contributed by atoms with van der Waals surface area (Å²) in [7, 11) is 2.31. The molecule has 0 aliphatic carbocycles. The van der Waals surface area contributed by atoms with E-state index in [1.807, 2.05) is 6.20 Å². The summed E-state index contributed by atoms with van der Waals surface area (Å²) in [5.41, 5.74) is 1.29. The smallest absolute Gasteiger partial charge is 0.101 e. The van der Waals surface area contributed by atoms with E-state index < -0.39 is 0 Å². The molecule has 2 aliphatic rings. The van der Waals surface area contributed by atoms with E-state index in [0.717, 1.165) is 22.3 Å². The highest BCUT2D eigenvalue weighted by Gasteiger charge is 2.32. The molecule has 0 amide bonds. The Morgan fingerprint density at radius 1 is 1.22 bits per heavy atom. The van der Waals surface area contributed by atoms with Gasteiger partial charge in [-0.1, -0.05) is 6.42 Å². The van der Waals surface area contributed by atoms with E-state index in [1.165, 1.54) is 37.9 Å². The Balaban J connectivity index is 1.79. The van der Waals surface area contributed by atoms with E-state index in [-0.39, 0.29) is 0 Å². The first-order valence-electron chi connectivity index (χ1n) is 6.82. The molecule has 18 heavy (non-hydrogen) atoms. The molecule has 2 atom stereocenters. The number of halogens is 1. The van der Waals surface area contributed by atoms with Crippen LogP contribution in [0.15, 0.2) is 18.3 Å². The molecule has 2 bridgehead atoms. The standard InChI is InChI=1S/C14H20IN3/c1-17-11-3-2-4-13(17)10-18(8-7-11)12-5-6-14(15)16-9-12/h5-6,9,11,13H,2-4,7-8,10H2,1H3. The lowest BCUT2D eigenvalue weighted by Crippen LogP contribution is -2.45. The van der Waals surface area contributed by atoms with Crippen LogP contribution in [0.3, 0.4) is 0 Å². The van der Waals surface area contributed by atoms with Gasteiger partial charge in [0.05, 0.1) is 11.9 Å². The molecule has 0 spiro atoms. The molecule has 4 heteroatoms. The minimum atomic E-state index is 0.727. The van der Waals surface area contributed by atoms with Gasteiger partial charge in [-0.15, -0.1) is 0 Å². The summed E-state index contributed by atoms with van der Waals surface area (Å²) in [4.78, 5) is 9.56. The summed E-state index contributed by atoms with van der Waals surface area (Å²) in [5, 5.41) is 0. The number of aromatic nitrogens is 1. The maximum atomic E-state index is 4.42. The van der Waals surface area contributed by atoms with E-state index in [9.17, 15) is 0 Å². The number of likely N-dealkylation sites (N-methyl/N-ethyl adjacent to an activating group) is 1.